The molecule has 0 aromatic heterocycles. The maximum Gasteiger partial charge on any atom is 0.330 e. The molecular weight excluding hydrogens is 380 g/mol. The van der Waals surface area contributed by atoms with Crippen molar-refractivity contribution in [2.45, 2.75) is 18.4 Å². The van der Waals surface area contributed by atoms with E-state index >= 15 is 0 Å². The fraction of sp³-hybridized carbons (Fsp3) is 0.471. The summed E-state index contributed by atoms with van der Waals surface area (Å²) < 4.78 is 5.28. The van der Waals surface area contributed by atoms with Crippen LogP contribution in [0.1, 0.15) is 12.8 Å². The number of hydrogen-bond acceptors (Lipinski definition) is 5. The van der Waals surface area contributed by atoms with E-state index in [-0.39, 0.29) is 18.9 Å². The summed E-state index contributed by atoms with van der Waals surface area (Å²) in [5, 5.41) is 12.6. The second kappa shape index (κ2) is 7.36. The van der Waals surface area contributed by atoms with Gasteiger partial charge in [-0.3, -0.25) is 9.59 Å². The summed E-state index contributed by atoms with van der Waals surface area (Å²) >= 11 is 7.52. The molecule has 0 spiro atoms. The van der Waals surface area contributed by atoms with Crippen LogP contribution in [-0.2, 0) is 14.4 Å². The second-order valence-corrected chi connectivity index (χ2v) is 7.94. The second-order valence-electron chi connectivity index (χ2n) is 6.40. The summed E-state index contributed by atoms with van der Waals surface area (Å²) in [5.41, 5.74) is -0.740. The van der Waals surface area contributed by atoms with Crippen molar-refractivity contribution in [2.75, 3.05) is 30.1 Å². The number of methoxy groups -OCH3 is 1. The lowest BCUT2D eigenvalue weighted by Crippen LogP contribution is -2.56. The fourth-order valence-electron chi connectivity index (χ4n) is 3.21. The number of carbonyl (C=O) groups is 3. The number of ether oxygens (including phenoxy) is 1. The van der Waals surface area contributed by atoms with Crippen LogP contribution in [0.4, 0.5) is 5.69 Å². The predicted molar refractivity (Wildman–Crippen MR) is 98.9 cm³/mol. The fourth-order valence-corrected chi connectivity index (χ4v) is 4.71. The number of amides is 2. The van der Waals surface area contributed by atoms with Crippen molar-refractivity contribution in [1.82, 2.24) is 5.32 Å². The monoisotopic (exact) mass is 398 g/mol. The van der Waals surface area contributed by atoms with Crippen LogP contribution in [0.5, 0.6) is 5.75 Å². The van der Waals surface area contributed by atoms with Crippen LogP contribution in [0.15, 0.2) is 18.2 Å². The molecule has 2 atom stereocenters. The Morgan fingerprint density at radius 1 is 1.46 bits per heavy atom. The molecule has 2 saturated heterocycles. The molecule has 1 aromatic rings. The highest BCUT2D eigenvalue weighted by atomic mass is 35.5. The van der Waals surface area contributed by atoms with E-state index in [4.69, 9.17) is 16.3 Å². The van der Waals surface area contributed by atoms with E-state index in [0.717, 1.165) is 0 Å². The third-order valence-electron chi connectivity index (χ3n) is 4.72. The number of aliphatic carboxylic acids is 1. The van der Waals surface area contributed by atoms with Gasteiger partial charge in [-0.1, -0.05) is 11.6 Å². The summed E-state index contributed by atoms with van der Waals surface area (Å²) in [5.74, 6) is -0.787. The molecule has 2 unspecified atom stereocenters. The van der Waals surface area contributed by atoms with Crippen LogP contribution in [0.2, 0.25) is 5.02 Å². The molecule has 7 nitrogen and oxygen atoms in total. The first-order valence-electron chi connectivity index (χ1n) is 8.13. The lowest BCUT2D eigenvalue weighted by molar-refractivity contribution is -0.147. The summed E-state index contributed by atoms with van der Waals surface area (Å²) in [7, 11) is 1.49. The smallest absolute Gasteiger partial charge is 0.330 e. The Balaban J connectivity index is 1.76. The molecule has 2 aliphatic rings. The highest BCUT2D eigenvalue weighted by Crippen LogP contribution is 2.36. The molecule has 2 fully saturated rings. The average molecular weight is 399 g/mol. The molecule has 0 aliphatic carbocycles. The molecule has 140 valence electrons. The Kier molecular flexibility index (Phi) is 5.34. The van der Waals surface area contributed by atoms with E-state index in [1.54, 1.807) is 18.2 Å². The summed E-state index contributed by atoms with van der Waals surface area (Å²) in [6.45, 7) is 0.157. The number of anilines is 1. The highest BCUT2D eigenvalue weighted by Gasteiger charge is 2.46. The summed E-state index contributed by atoms with van der Waals surface area (Å²) in [4.78, 5) is 38.2. The molecule has 26 heavy (non-hydrogen) atoms. The highest BCUT2D eigenvalue weighted by molar-refractivity contribution is 7.99. The van der Waals surface area contributed by atoms with Gasteiger partial charge in [0.25, 0.3) is 0 Å². The minimum atomic E-state index is -1.24. The van der Waals surface area contributed by atoms with Crippen molar-refractivity contribution in [2.24, 2.45) is 5.92 Å². The topological polar surface area (TPSA) is 95.9 Å². The Morgan fingerprint density at radius 3 is 2.85 bits per heavy atom. The maximum atomic E-state index is 12.6. The molecule has 2 amide bonds. The normalized spacial score (nSPS) is 25.4. The molecule has 9 heteroatoms. The van der Waals surface area contributed by atoms with Crippen molar-refractivity contribution in [3.05, 3.63) is 23.2 Å². The number of carboxylic acid groups (broad SMARTS) is 1. The lowest BCUT2D eigenvalue weighted by Gasteiger charge is -2.26. The molecule has 0 radical (unpaired) electrons. The maximum absolute atomic E-state index is 12.6. The van der Waals surface area contributed by atoms with Crippen molar-refractivity contribution in [1.29, 1.82) is 0 Å². The molecule has 2 N–H and O–H groups in total. The number of carbonyl (C=O) groups excluding carboxylic acids is 2. The van der Waals surface area contributed by atoms with E-state index in [9.17, 15) is 19.5 Å². The quantitative estimate of drug-likeness (QED) is 0.784. The van der Waals surface area contributed by atoms with Gasteiger partial charge < -0.3 is 20.1 Å². The van der Waals surface area contributed by atoms with E-state index in [0.29, 0.717) is 34.4 Å². The zero-order valence-electron chi connectivity index (χ0n) is 14.2. The Labute approximate surface area is 160 Å². The first-order valence-corrected chi connectivity index (χ1v) is 9.66. The van der Waals surface area contributed by atoms with Crippen LogP contribution >= 0.6 is 23.4 Å². The van der Waals surface area contributed by atoms with Crippen molar-refractivity contribution in [3.63, 3.8) is 0 Å². The van der Waals surface area contributed by atoms with Gasteiger partial charge in [0.15, 0.2) is 0 Å². The van der Waals surface area contributed by atoms with Crippen molar-refractivity contribution in [3.8, 4) is 5.75 Å². The lowest BCUT2D eigenvalue weighted by atomic mass is 9.97. The summed E-state index contributed by atoms with van der Waals surface area (Å²) in [6.07, 6.45) is 0.398. The molecule has 0 saturated carbocycles. The van der Waals surface area contributed by atoms with E-state index in [1.807, 2.05) is 0 Å². The van der Waals surface area contributed by atoms with Crippen LogP contribution in [0, 0.1) is 5.92 Å². The minimum absolute atomic E-state index is 0.0182. The molecule has 3 rings (SSSR count). The van der Waals surface area contributed by atoms with Gasteiger partial charge in [0.1, 0.15) is 11.3 Å². The number of nitrogens with one attached hydrogen (secondary N) is 1. The van der Waals surface area contributed by atoms with Gasteiger partial charge in [-0.25, -0.2) is 4.79 Å². The minimum Gasteiger partial charge on any atom is -0.495 e. The Hall–Kier alpha value is -1.93. The van der Waals surface area contributed by atoms with Crippen molar-refractivity contribution < 1.29 is 24.2 Å². The molecular formula is C17H19ClN2O5S. The summed E-state index contributed by atoms with van der Waals surface area (Å²) in [6, 6.07) is 4.93. The first kappa shape index (κ1) is 18.8. The van der Waals surface area contributed by atoms with Crippen LogP contribution in [0.25, 0.3) is 0 Å². The van der Waals surface area contributed by atoms with Gasteiger partial charge >= 0.3 is 5.97 Å². The van der Waals surface area contributed by atoms with Gasteiger partial charge in [-0.2, -0.15) is 11.8 Å². The van der Waals surface area contributed by atoms with E-state index < -0.39 is 23.3 Å². The average Bonchev–Trinajstić information content (AvgIpc) is 3.22. The first-order chi connectivity index (χ1) is 12.4. The third-order valence-corrected chi connectivity index (χ3v) is 6.15. The number of halogens is 1. The SMILES string of the molecule is COc1ccc(Cl)cc1N1CC(C(=O)NC2(C(=O)O)CCSC2)CC1=O. The van der Waals surface area contributed by atoms with Gasteiger partial charge in [0, 0.05) is 23.7 Å². The number of benzene rings is 1. The van der Waals surface area contributed by atoms with Crippen LogP contribution in [-0.4, -0.2) is 53.6 Å². The number of rotatable bonds is 5. The third kappa shape index (κ3) is 3.48. The number of thioether (sulfide) groups is 1. The predicted octanol–water partition coefficient (Wildman–Crippen LogP) is 1.78. The number of hydrogen-bond donors (Lipinski definition) is 2. The van der Waals surface area contributed by atoms with Gasteiger partial charge in [-0.15, -0.1) is 0 Å². The molecule has 2 aliphatic heterocycles. The standard InChI is InChI=1S/C17H19ClN2O5S/c1-25-13-3-2-11(18)7-12(13)20-8-10(6-14(20)21)15(22)19-17(16(23)24)4-5-26-9-17/h2-3,7,10H,4-6,8-9H2,1H3,(H,19,22)(H,23,24). The zero-order valence-corrected chi connectivity index (χ0v) is 15.7. The number of carboxylic acids is 1. The van der Waals surface area contributed by atoms with Gasteiger partial charge in [-0.05, 0) is 30.4 Å². The van der Waals surface area contributed by atoms with Gasteiger partial charge in [0.05, 0.1) is 18.7 Å². The number of nitrogens with zero attached hydrogens (tertiary/aromatic N) is 1. The van der Waals surface area contributed by atoms with E-state index in [2.05, 4.69) is 5.32 Å². The van der Waals surface area contributed by atoms with Crippen LogP contribution < -0.4 is 15.0 Å². The molecule has 2 heterocycles. The van der Waals surface area contributed by atoms with Crippen molar-refractivity contribution >= 4 is 46.8 Å². The van der Waals surface area contributed by atoms with E-state index in [1.165, 1.54) is 23.8 Å². The van der Waals surface area contributed by atoms with Crippen LogP contribution in [0.3, 0.4) is 0 Å². The van der Waals surface area contributed by atoms with Gasteiger partial charge in [0.2, 0.25) is 11.8 Å². The molecule has 0 bridgehead atoms. The largest absolute Gasteiger partial charge is 0.495 e. The zero-order chi connectivity index (χ0) is 18.9. The Bertz CT molecular complexity index is 751. The Morgan fingerprint density at radius 2 is 2.23 bits per heavy atom. The molecule has 1 aromatic carbocycles.